The highest BCUT2D eigenvalue weighted by Crippen LogP contribution is 2.36. The smallest absolute Gasteiger partial charge is 0.261 e. The van der Waals surface area contributed by atoms with E-state index in [0.29, 0.717) is 0 Å². The zero-order valence-electron chi connectivity index (χ0n) is 27.3. The molecule has 3 heteroatoms. The highest BCUT2D eigenvalue weighted by molar-refractivity contribution is 6.99. The van der Waals surface area contributed by atoms with Gasteiger partial charge in [0.1, 0.15) is 0 Å². The zero-order valence-corrected chi connectivity index (χ0v) is 28.3. The second-order valence-electron chi connectivity index (χ2n) is 12.9. The molecule has 0 aliphatic rings. The fourth-order valence-electron chi connectivity index (χ4n) is 6.09. The number of hydrogen-bond acceptors (Lipinski definition) is 2. The van der Waals surface area contributed by atoms with Crippen LogP contribution in [0.15, 0.2) is 103 Å². The number of unbranched alkanes of at least 4 members (excludes halogenated alkanes) is 7. The van der Waals surface area contributed by atoms with E-state index in [0.717, 1.165) is 45.1 Å². The van der Waals surface area contributed by atoms with Crippen molar-refractivity contribution in [2.75, 3.05) is 6.61 Å². The predicted octanol–water partition coefficient (Wildman–Crippen LogP) is 9.66. The Balaban J connectivity index is 1.50. The highest BCUT2D eigenvalue weighted by Gasteiger charge is 2.49. The van der Waals surface area contributed by atoms with Crippen LogP contribution in [0.5, 0.6) is 0 Å². The normalized spacial score (nSPS) is 13.2. The summed E-state index contributed by atoms with van der Waals surface area (Å²) in [5.74, 6) is 0. The number of aryl methyl sites for hydroxylation is 1. The SMILES string of the molecule is CCCCCCCCC(O)/C=C/C=C/c1ccccc1CCCCCO[Si](c1ccccc1)(c1ccccc1)C(C)(C)C. The Kier molecular flexibility index (Phi) is 15.2. The lowest BCUT2D eigenvalue weighted by Crippen LogP contribution is -2.66. The molecule has 2 nitrogen and oxygen atoms in total. The van der Waals surface area contributed by atoms with Gasteiger partial charge in [-0.1, -0.05) is 182 Å². The quantitative estimate of drug-likeness (QED) is 0.0848. The summed E-state index contributed by atoms with van der Waals surface area (Å²) >= 11 is 0. The molecule has 0 radical (unpaired) electrons. The van der Waals surface area contributed by atoms with Crippen molar-refractivity contribution in [1.29, 1.82) is 0 Å². The molecule has 0 aliphatic carbocycles. The van der Waals surface area contributed by atoms with Gasteiger partial charge in [0, 0.05) is 6.61 Å². The van der Waals surface area contributed by atoms with Crippen molar-refractivity contribution in [2.45, 2.75) is 109 Å². The maximum atomic E-state index is 10.3. The fourth-order valence-corrected chi connectivity index (χ4v) is 10.7. The molecule has 3 aromatic rings. The maximum Gasteiger partial charge on any atom is 0.261 e. The van der Waals surface area contributed by atoms with Gasteiger partial charge in [-0.3, -0.25) is 0 Å². The first-order chi connectivity index (χ1) is 20.9. The highest BCUT2D eigenvalue weighted by atomic mass is 28.4. The molecule has 0 amide bonds. The minimum absolute atomic E-state index is 0.0136. The third-order valence-electron chi connectivity index (χ3n) is 8.45. The Morgan fingerprint density at radius 1 is 0.698 bits per heavy atom. The van der Waals surface area contributed by atoms with Crippen LogP contribution in [0.3, 0.4) is 0 Å². The van der Waals surface area contributed by atoms with Crippen molar-refractivity contribution in [2.24, 2.45) is 0 Å². The molecule has 1 unspecified atom stereocenters. The Labute approximate surface area is 264 Å². The summed E-state index contributed by atoms with van der Waals surface area (Å²) in [7, 11) is -2.46. The lowest BCUT2D eigenvalue weighted by molar-refractivity contribution is 0.208. The molecule has 232 valence electrons. The molecule has 0 aliphatic heterocycles. The summed E-state index contributed by atoms with van der Waals surface area (Å²) in [6, 6.07) is 30.5. The molecule has 1 N–H and O–H groups in total. The van der Waals surface area contributed by atoms with Crippen LogP contribution in [-0.4, -0.2) is 26.1 Å². The number of allylic oxidation sites excluding steroid dienone is 2. The third-order valence-corrected chi connectivity index (χ3v) is 13.5. The standard InChI is InChI=1S/C40H56O2Si/c1-5-6-7-8-9-14-28-37(41)29-22-21-27-36-26-20-19-25-35(36)24-13-12-23-34-42-43(40(2,3)4,38-30-15-10-16-31-38)39-32-17-11-18-33-39/h10-11,15-22,25-27,29-33,37,41H,5-9,12-14,23-24,28,34H2,1-4H3/b27-21+,29-22+. The Morgan fingerprint density at radius 2 is 1.28 bits per heavy atom. The van der Waals surface area contributed by atoms with E-state index in [4.69, 9.17) is 4.43 Å². The van der Waals surface area contributed by atoms with Crippen molar-refractivity contribution in [1.82, 2.24) is 0 Å². The van der Waals surface area contributed by atoms with Crippen molar-refractivity contribution in [3.63, 3.8) is 0 Å². The first-order valence-electron chi connectivity index (χ1n) is 16.7. The van der Waals surface area contributed by atoms with E-state index in [1.54, 1.807) is 0 Å². The van der Waals surface area contributed by atoms with Crippen LogP contribution in [-0.2, 0) is 10.8 Å². The maximum absolute atomic E-state index is 10.3. The number of aliphatic hydroxyl groups is 1. The lowest BCUT2D eigenvalue weighted by atomic mass is 10.0. The van der Waals surface area contributed by atoms with Crippen LogP contribution < -0.4 is 10.4 Å². The van der Waals surface area contributed by atoms with E-state index in [2.05, 4.69) is 125 Å². The van der Waals surface area contributed by atoms with Crippen molar-refractivity contribution < 1.29 is 9.53 Å². The van der Waals surface area contributed by atoms with Crippen LogP contribution in [0, 0.1) is 0 Å². The molecule has 0 saturated heterocycles. The molecular formula is C40H56O2Si. The van der Waals surface area contributed by atoms with Crippen LogP contribution in [0.2, 0.25) is 5.04 Å². The summed E-state index contributed by atoms with van der Waals surface area (Å²) in [5, 5.41) is 13.0. The van der Waals surface area contributed by atoms with Crippen LogP contribution in [0.25, 0.3) is 6.08 Å². The van der Waals surface area contributed by atoms with E-state index >= 15 is 0 Å². The largest absolute Gasteiger partial charge is 0.407 e. The molecule has 0 spiro atoms. The predicted molar refractivity (Wildman–Crippen MR) is 190 cm³/mol. The molecule has 3 aromatic carbocycles. The van der Waals surface area contributed by atoms with E-state index in [1.807, 2.05) is 12.2 Å². The summed E-state index contributed by atoms with van der Waals surface area (Å²) in [4.78, 5) is 0. The molecule has 43 heavy (non-hydrogen) atoms. The minimum atomic E-state index is -2.46. The molecule has 0 aromatic heterocycles. The van der Waals surface area contributed by atoms with Crippen molar-refractivity contribution >= 4 is 24.8 Å². The van der Waals surface area contributed by atoms with Gasteiger partial charge < -0.3 is 9.53 Å². The number of rotatable bonds is 19. The first-order valence-corrected chi connectivity index (χ1v) is 18.6. The average Bonchev–Trinajstić information content (AvgIpc) is 3.01. The van der Waals surface area contributed by atoms with E-state index in [9.17, 15) is 5.11 Å². The molecule has 0 saturated carbocycles. The van der Waals surface area contributed by atoms with E-state index in [1.165, 1.54) is 53.6 Å². The van der Waals surface area contributed by atoms with E-state index < -0.39 is 8.32 Å². The van der Waals surface area contributed by atoms with Gasteiger partial charge in [0.15, 0.2) is 0 Å². The number of aliphatic hydroxyl groups excluding tert-OH is 1. The lowest BCUT2D eigenvalue weighted by Gasteiger charge is -2.43. The number of hydrogen-bond donors (Lipinski definition) is 1. The monoisotopic (exact) mass is 596 g/mol. The van der Waals surface area contributed by atoms with Gasteiger partial charge in [-0.2, -0.15) is 0 Å². The van der Waals surface area contributed by atoms with Crippen LogP contribution >= 0.6 is 0 Å². The molecule has 0 fully saturated rings. The summed E-state index contributed by atoms with van der Waals surface area (Å²) in [6.45, 7) is 10.1. The van der Waals surface area contributed by atoms with Crippen LogP contribution in [0.1, 0.15) is 103 Å². The molecule has 1 atom stereocenters. The Morgan fingerprint density at radius 3 is 1.93 bits per heavy atom. The first kappa shape index (κ1) is 34.8. The van der Waals surface area contributed by atoms with Gasteiger partial charge in [0.25, 0.3) is 8.32 Å². The van der Waals surface area contributed by atoms with E-state index in [-0.39, 0.29) is 11.1 Å². The molecule has 3 rings (SSSR count). The summed E-state index contributed by atoms with van der Waals surface area (Å²) < 4.78 is 7.07. The van der Waals surface area contributed by atoms with Gasteiger partial charge >= 0.3 is 0 Å². The summed E-state index contributed by atoms with van der Waals surface area (Å²) in [5.41, 5.74) is 2.65. The molecule has 0 bridgehead atoms. The van der Waals surface area contributed by atoms with Gasteiger partial charge in [-0.25, -0.2) is 0 Å². The van der Waals surface area contributed by atoms with Gasteiger partial charge in [-0.05, 0) is 52.2 Å². The molecule has 0 heterocycles. The van der Waals surface area contributed by atoms with Crippen LogP contribution in [0.4, 0.5) is 0 Å². The van der Waals surface area contributed by atoms with Crippen molar-refractivity contribution in [3.05, 3.63) is 114 Å². The van der Waals surface area contributed by atoms with Gasteiger partial charge in [0.05, 0.1) is 6.10 Å². The third kappa shape index (κ3) is 11.1. The average molecular weight is 597 g/mol. The fraction of sp³-hybridized carbons (Fsp3) is 0.450. The molecular weight excluding hydrogens is 541 g/mol. The summed E-state index contributed by atoms with van der Waals surface area (Å²) in [6.07, 6.45) is 20.6. The zero-order chi connectivity index (χ0) is 30.8. The minimum Gasteiger partial charge on any atom is -0.407 e. The van der Waals surface area contributed by atoms with Gasteiger partial charge in [0.2, 0.25) is 0 Å². The second kappa shape index (κ2) is 18.8. The Hall–Kier alpha value is -2.72. The van der Waals surface area contributed by atoms with Crippen molar-refractivity contribution in [3.8, 4) is 0 Å². The Bertz CT molecular complexity index is 1170. The van der Waals surface area contributed by atoms with Gasteiger partial charge in [-0.15, -0.1) is 0 Å². The topological polar surface area (TPSA) is 29.5 Å². The number of benzene rings is 3. The second-order valence-corrected chi connectivity index (χ2v) is 17.2.